The van der Waals surface area contributed by atoms with Crippen LogP contribution in [0, 0.1) is 5.92 Å². The largest absolute Gasteiger partial charge is 0.480 e. The number of nitrogens with one attached hydrogen (secondary N) is 2. The standard InChI is InChI=1S/C14H27N3O4/c1-10(2)7-5-3-4-6-8-16-14(21)17-11(13(19)20)9-12(15)18/h10-11H,3-9H2,1-2H3,(H2,15,18)(H,19,20)(H2,16,17,21)/t11-/m1/s1. The number of primary amides is 1. The van der Waals surface area contributed by atoms with Crippen molar-refractivity contribution in [1.82, 2.24) is 10.6 Å². The molecule has 0 heterocycles. The fourth-order valence-electron chi connectivity index (χ4n) is 1.84. The van der Waals surface area contributed by atoms with Gasteiger partial charge in [-0.1, -0.05) is 39.5 Å². The van der Waals surface area contributed by atoms with Gasteiger partial charge in [-0.25, -0.2) is 9.59 Å². The van der Waals surface area contributed by atoms with E-state index in [0.29, 0.717) is 12.5 Å². The van der Waals surface area contributed by atoms with E-state index < -0.39 is 30.4 Å². The SMILES string of the molecule is CC(C)CCCCCCNC(=O)N[C@H](CC(N)=O)C(=O)O. The van der Waals surface area contributed by atoms with E-state index in [-0.39, 0.29) is 0 Å². The number of rotatable bonds is 11. The molecule has 7 nitrogen and oxygen atoms in total. The average Bonchev–Trinajstić information content (AvgIpc) is 2.35. The Kier molecular flexibility index (Phi) is 10.0. The van der Waals surface area contributed by atoms with Gasteiger partial charge in [-0.15, -0.1) is 0 Å². The molecule has 0 saturated heterocycles. The third-order valence-corrected chi connectivity index (χ3v) is 3.00. The second-order valence-electron chi connectivity index (χ2n) is 5.56. The van der Waals surface area contributed by atoms with Crippen molar-refractivity contribution in [2.45, 2.75) is 58.4 Å². The highest BCUT2D eigenvalue weighted by Gasteiger charge is 2.21. The molecule has 0 aliphatic heterocycles. The molecule has 0 spiro atoms. The molecule has 0 aromatic heterocycles. The Morgan fingerprint density at radius 3 is 2.24 bits per heavy atom. The van der Waals surface area contributed by atoms with Crippen molar-refractivity contribution in [3.8, 4) is 0 Å². The van der Waals surface area contributed by atoms with Crippen molar-refractivity contribution in [1.29, 1.82) is 0 Å². The Hall–Kier alpha value is -1.79. The van der Waals surface area contributed by atoms with Gasteiger partial charge in [0.2, 0.25) is 5.91 Å². The van der Waals surface area contributed by atoms with E-state index in [4.69, 9.17) is 10.8 Å². The van der Waals surface area contributed by atoms with Gasteiger partial charge in [-0.05, 0) is 12.3 Å². The summed E-state index contributed by atoms with van der Waals surface area (Å²) in [5, 5.41) is 13.6. The monoisotopic (exact) mass is 301 g/mol. The second kappa shape index (κ2) is 10.9. The normalized spacial score (nSPS) is 12.0. The van der Waals surface area contributed by atoms with Crippen LogP contribution in [0.2, 0.25) is 0 Å². The summed E-state index contributed by atoms with van der Waals surface area (Å²) < 4.78 is 0. The summed E-state index contributed by atoms with van der Waals surface area (Å²) in [6.45, 7) is 4.87. The van der Waals surface area contributed by atoms with Crippen molar-refractivity contribution in [2.24, 2.45) is 11.7 Å². The Labute approximate surface area is 125 Å². The molecular weight excluding hydrogens is 274 g/mol. The predicted molar refractivity (Wildman–Crippen MR) is 79.7 cm³/mol. The van der Waals surface area contributed by atoms with Crippen molar-refractivity contribution >= 4 is 17.9 Å². The number of carboxylic acid groups (broad SMARTS) is 1. The van der Waals surface area contributed by atoms with Gasteiger partial charge in [0.05, 0.1) is 6.42 Å². The first-order chi connectivity index (χ1) is 9.82. The van der Waals surface area contributed by atoms with Gasteiger partial charge < -0.3 is 21.5 Å². The van der Waals surface area contributed by atoms with Crippen LogP contribution in [0.5, 0.6) is 0 Å². The van der Waals surface area contributed by atoms with Crippen molar-refractivity contribution in [2.75, 3.05) is 6.54 Å². The zero-order chi connectivity index (χ0) is 16.3. The Morgan fingerprint density at radius 2 is 1.71 bits per heavy atom. The number of amides is 3. The van der Waals surface area contributed by atoms with Crippen molar-refractivity contribution in [3.05, 3.63) is 0 Å². The second-order valence-corrected chi connectivity index (χ2v) is 5.56. The lowest BCUT2D eigenvalue weighted by atomic mass is 10.0. The zero-order valence-corrected chi connectivity index (χ0v) is 12.9. The molecule has 3 amide bonds. The van der Waals surface area contributed by atoms with Crippen LogP contribution >= 0.6 is 0 Å². The van der Waals surface area contributed by atoms with E-state index in [9.17, 15) is 14.4 Å². The highest BCUT2D eigenvalue weighted by Crippen LogP contribution is 2.08. The Morgan fingerprint density at radius 1 is 1.10 bits per heavy atom. The fraction of sp³-hybridized carbons (Fsp3) is 0.786. The van der Waals surface area contributed by atoms with Crippen molar-refractivity contribution in [3.63, 3.8) is 0 Å². The van der Waals surface area contributed by atoms with E-state index in [1.165, 1.54) is 12.8 Å². The fourth-order valence-corrected chi connectivity index (χ4v) is 1.84. The topological polar surface area (TPSA) is 122 Å². The summed E-state index contributed by atoms with van der Waals surface area (Å²) >= 11 is 0. The van der Waals surface area contributed by atoms with Crippen LogP contribution in [0.4, 0.5) is 4.79 Å². The number of hydrogen-bond donors (Lipinski definition) is 4. The number of unbranched alkanes of at least 4 members (excludes halogenated alkanes) is 3. The van der Waals surface area contributed by atoms with Gasteiger partial charge in [-0.2, -0.15) is 0 Å². The molecule has 0 radical (unpaired) electrons. The molecule has 0 bridgehead atoms. The Balaban J connectivity index is 3.73. The maximum atomic E-state index is 11.5. The molecule has 0 aliphatic carbocycles. The van der Waals surface area contributed by atoms with E-state index in [1.807, 2.05) is 0 Å². The molecule has 0 saturated carbocycles. The first-order valence-electron chi connectivity index (χ1n) is 7.38. The number of carbonyl (C=O) groups excluding carboxylic acids is 2. The molecule has 7 heteroatoms. The summed E-state index contributed by atoms with van der Waals surface area (Å²) in [6, 6.07) is -1.88. The highest BCUT2D eigenvalue weighted by molar-refractivity contribution is 5.87. The number of nitrogens with two attached hydrogens (primary N) is 1. The molecule has 0 unspecified atom stereocenters. The predicted octanol–water partition coefficient (Wildman–Crippen LogP) is 1.22. The first-order valence-corrected chi connectivity index (χ1v) is 7.38. The molecule has 0 aliphatic rings. The number of carbonyl (C=O) groups is 3. The molecule has 0 fully saturated rings. The van der Waals surface area contributed by atoms with Gasteiger partial charge in [0.1, 0.15) is 6.04 Å². The van der Waals surface area contributed by atoms with E-state index in [0.717, 1.165) is 19.3 Å². The smallest absolute Gasteiger partial charge is 0.326 e. The summed E-state index contributed by atoms with van der Waals surface area (Å²) in [5.74, 6) is -1.34. The van der Waals surface area contributed by atoms with E-state index in [1.54, 1.807) is 0 Å². The van der Waals surface area contributed by atoms with Crippen LogP contribution in [-0.4, -0.2) is 35.6 Å². The number of urea groups is 1. The van der Waals surface area contributed by atoms with Crippen LogP contribution in [0.3, 0.4) is 0 Å². The quantitative estimate of drug-likeness (QED) is 0.429. The molecule has 122 valence electrons. The molecule has 21 heavy (non-hydrogen) atoms. The number of carboxylic acids is 1. The molecule has 5 N–H and O–H groups in total. The van der Waals surface area contributed by atoms with E-state index in [2.05, 4.69) is 24.5 Å². The maximum absolute atomic E-state index is 11.5. The van der Waals surface area contributed by atoms with Crippen LogP contribution in [0.15, 0.2) is 0 Å². The minimum atomic E-state index is -1.28. The van der Waals surface area contributed by atoms with Crippen LogP contribution < -0.4 is 16.4 Å². The third kappa shape index (κ3) is 11.7. The van der Waals surface area contributed by atoms with Gasteiger partial charge in [0, 0.05) is 6.54 Å². The number of hydrogen-bond acceptors (Lipinski definition) is 3. The lowest BCUT2D eigenvalue weighted by molar-refractivity contribution is -0.140. The van der Waals surface area contributed by atoms with Gasteiger partial charge >= 0.3 is 12.0 Å². The summed E-state index contributed by atoms with van der Waals surface area (Å²) in [5.41, 5.74) is 4.92. The van der Waals surface area contributed by atoms with Crippen LogP contribution in [0.25, 0.3) is 0 Å². The Bertz CT molecular complexity index is 345. The van der Waals surface area contributed by atoms with Crippen LogP contribution in [-0.2, 0) is 9.59 Å². The highest BCUT2D eigenvalue weighted by atomic mass is 16.4. The van der Waals surface area contributed by atoms with Gasteiger partial charge in [-0.3, -0.25) is 4.79 Å². The first kappa shape index (κ1) is 19.2. The molecule has 0 rings (SSSR count). The van der Waals surface area contributed by atoms with Gasteiger partial charge in [0.15, 0.2) is 0 Å². The van der Waals surface area contributed by atoms with Gasteiger partial charge in [0.25, 0.3) is 0 Å². The minimum absolute atomic E-state index is 0.419. The summed E-state index contributed by atoms with van der Waals surface area (Å²) in [6.07, 6.45) is 4.97. The zero-order valence-electron chi connectivity index (χ0n) is 12.9. The lowest BCUT2D eigenvalue weighted by Gasteiger charge is -2.13. The van der Waals surface area contributed by atoms with Crippen LogP contribution in [0.1, 0.15) is 52.4 Å². The summed E-state index contributed by atoms with van der Waals surface area (Å²) in [7, 11) is 0. The maximum Gasteiger partial charge on any atom is 0.326 e. The van der Waals surface area contributed by atoms with Crippen molar-refractivity contribution < 1.29 is 19.5 Å². The molecule has 0 aromatic carbocycles. The minimum Gasteiger partial charge on any atom is -0.480 e. The summed E-state index contributed by atoms with van der Waals surface area (Å²) in [4.78, 5) is 33.0. The average molecular weight is 301 g/mol. The molecule has 0 aromatic rings. The van der Waals surface area contributed by atoms with E-state index >= 15 is 0 Å². The lowest BCUT2D eigenvalue weighted by Crippen LogP contribution is -2.47. The molecular formula is C14H27N3O4. The third-order valence-electron chi connectivity index (χ3n) is 3.00. The number of aliphatic carboxylic acids is 1. The molecule has 1 atom stereocenters.